The first-order valence-electron chi connectivity index (χ1n) is 10.5. The fourth-order valence-electron chi connectivity index (χ4n) is 4.88. The molecule has 0 amide bonds. The summed E-state index contributed by atoms with van der Waals surface area (Å²) < 4.78 is 5.54. The molecule has 0 saturated carbocycles. The average Bonchev–Trinajstić information content (AvgIpc) is 2.76. The molecule has 1 nitrogen and oxygen atoms in total. The lowest BCUT2D eigenvalue weighted by Gasteiger charge is -2.51. The summed E-state index contributed by atoms with van der Waals surface area (Å²) in [7, 11) is 1.76. The number of allylic oxidation sites excluding steroid dienone is 3. The molecule has 0 heterocycles. The molecule has 0 N–H and O–H groups in total. The lowest BCUT2D eigenvalue weighted by molar-refractivity contribution is 0.199. The van der Waals surface area contributed by atoms with Crippen LogP contribution in [0.15, 0.2) is 95.6 Å². The Hall–Kier alpha value is -2.32. The van der Waals surface area contributed by atoms with Gasteiger partial charge in [0.05, 0.1) is 5.41 Å². The second kappa shape index (κ2) is 9.04. The standard InChI is InChI=1S/C28H26Cl2O/c1-19(2)27-26(20-7-5-4-6-8-20)25(17-18-31-3)28(27,21-9-13-23(29)14-10-21)22-11-15-24(30)16-12-22/h4-16H,17-18H2,1-3H3. The van der Waals surface area contributed by atoms with Crippen molar-refractivity contribution < 1.29 is 4.74 Å². The molecule has 0 aliphatic heterocycles. The summed E-state index contributed by atoms with van der Waals surface area (Å²) in [5.41, 5.74) is 8.62. The molecule has 3 aromatic carbocycles. The number of hydrogen-bond acceptors (Lipinski definition) is 1. The minimum atomic E-state index is -0.363. The van der Waals surface area contributed by atoms with Crippen molar-refractivity contribution in [2.45, 2.75) is 25.7 Å². The number of benzene rings is 3. The third-order valence-electron chi connectivity index (χ3n) is 6.05. The number of halogens is 2. The molecular formula is C28H26Cl2O. The SMILES string of the molecule is COCCC1=C(c2ccccc2)C(=C(C)C)C1(c1ccc(Cl)cc1)c1ccc(Cl)cc1. The quantitative estimate of drug-likeness (QED) is 0.369. The number of methoxy groups -OCH3 is 1. The largest absolute Gasteiger partial charge is 0.384 e. The number of rotatable bonds is 6. The van der Waals surface area contributed by atoms with E-state index >= 15 is 0 Å². The predicted molar refractivity (Wildman–Crippen MR) is 132 cm³/mol. The third kappa shape index (κ3) is 3.76. The van der Waals surface area contributed by atoms with Crippen molar-refractivity contribution in [3.05, 3.63) is 122 Å². The monoisotopic (exact) mass is 448 g/mol. The van der Waals surface area contributed by atoms with Crippen molar-refractivity contribution in [2.75, 3.05) is 13.7 Å². The smallest absolute Gasteiger partial charge is 0.0676 e. The topological polar surface area (TPSA) is 9.23 Å². The van der Waals surface area contributed by atoms with Crippen LogP contribution < -0.4 is 0 Å². The van der Waals surface area contributed by atoms with Crippen LogP contribution in [0.2, 0.25) is 10.0 Å². The fraction of sp³-hybridized carbons (Fsp3) is 0.214. The predicted octanol–water partition coefficient (Wildman–Crippen LogP) is 8.12. The van der Waals surface area contributed by atoms with Gasteiger partial charge >= 0.3 is 0 Å². The van der Waals surface area contributed by atoms with Crippen molar-refractivity contribution in [1.29, 1.82) is 0 Å². The number of ether oxygens (including phenoxy) is 1. The molecule has 0 fully saturated rings. The molecule has 1 aliphatic rings. The van der Waals surface area contributed by atoms with E-state index in [1.54, 1.807) is 7.11 Å². The molecule has 0 bridgehead atoms. The summed E-state index contributed by atoms with van der Waals surface area (Å²) >= 11 is 12.5. The molecule has 0 saturated heterocycles. The van der Waals surface area contributed by atoms with Crippen LogP contribution in [0, 0.1) is 0 Å². The first-order chi connectivity index (χ1) is 15.0. The Balaban J connectivity index is 2.08. The fourth-order valence-corrected chi connectivity index (χ4v) is 5.13. The lowest BCUT2D eigenvalue weighted by atomic mass is 9.51. The molecule has 1 aliphatic carbocycles. The van der Waals surface area contributed by atoms with Gasteiger partial charge in [0, 0.05) is 23.8 Å². The minimum absolute atomic E-state index is 0.363. The van der Waals surface area contributed by atoms with E-state index in [-0.39, 0.29) is 5.41 Å². The first-order valence-corrected chi connectivity index (χ1v) is 11.2. The van der Waals surface area contributed by atoms with E-state index in [1.807, 2.05) is 24.3 Å². The van der Waals surface area contributed by atoms with Crippen LogP contribution in [0.4, 0.5) is 0 Å². The lowest BCUT2D eigenvalue weighted by Crippen LogP contribution is -2.42. The Morgan fingerprint density at radius 1 is 0.774 bits per heavy atom. The second-order valence-corrected chi connectivity index (χ2v) is 8.97. The second-order valence-electron chi connectivity index (χ2n) is 8.10. The maximum absolute atomic E-state index is 6.27. The summed E-state index contributed by atoms with van der Waals surface area (Å²) in [6.45, 7) is 5.06. The molecule has 0 atom stereocenters. The highest BCUT2D eigenvalue weighted by Gasteiger charge is 2.52. The summed E-state index contributed by atoms with van der Waals surface area (Å²) in [5, 5.41) is 1.47. The van der Waals surface area contributed by atoms with Crippen molar-refractivity contribution in [3.8, 4) is 0 Å². The Labute approximate surface area is 195 Å². The maximum Gasteiger partial charge on any atom is 0.0676 e. The summed E-state index contributed by atoms with van der Waals surface area (Å²) in [6.07, 6.45) is 0.836. The zero-order valence-corrected chi connectivity index (χ0v) is 19.6. The molecule has 0 unspecified atom stereocenters. The molecule has 0 spiro atoms. The van der Waals surface area contributed by atoms with Crippen LogP contribution in [0.5, 0.6) is 0 Å². The van der Waals surface area contributed by atoms with Gasteiger partial charge < -0.3 is 4.74 Å². The van der Waals surface area contributed by atoms with Crippen molar-refractivity contribution in [2.24, 2.45) is 0 Å². The maximum atomic E-state index is 6.27. The molecule has 31 heavy (non-hydrogen) atoms. The van der Waals surface area contributed by atoms with Gasteiger partial charge in [0.15, 0.2) is 0 Å². The highest BCUT2D eigenvalue weighted by molar-refractivity contribution is 6.30. The minimum Gasteiger partial charge on any atom is -0.384 e. The summed E-state index contributed by atoms with van der Waals surface area (Å²) in [5.74, 6) is 0. The van der Waals surface area contributed by atoms with Gasteiger partial charge in [-0.25, -0.2) is 0 Å². The van der Waals surface area contributed by atoms with Gasteiger partial charge in [-0.1, -0.05) is 83.4 Å². The highest BCUT2D eigenvalue weighted by Crippen LogP contribution is 2.62. The van der Waals surface area contributed by atoms with Gasteiger partial charge in [0.25, 0.3) is 0 Å². The Kier molecular flexibility index (Phi) is 6.39. The van der Waals surface area contributed by atoms with E-state index in [1.165, 1.54) is 39.0 Å². The first kappa shape index (κ1) is 21.9. The summed E-state index contributed by atoms with van der Waals surface area (Å²) in [6, 6.07) is 27.1. The number of hydrogen-bond donors (Lipinski definition) is 0. The van der Waals surface area contributed by atoms with Crippen LogP contribution in [0.1, 0.15) is 37.0 Å². The zero-order valence-electron chi connectivity index (χ0n) is 18.1. The third-order valence-corrected chi connectivity index (χ3v) is 6.56. The normalized spacial score (nSPS) is 15.1. The zero-order chi connectivity index (χ0) is 22.0. The molecular weight excluding hydrogens is 423 g/mol. The van der Waals surface area contributed by atoms with Crippen LogP contribution in [0.25, 0.3) is 5.57 Å². The van der Waals surface area contributed by atoms with Gasteiger partial charge in [-0.05, 0) is 77.9 Å². The highest BCUT2D eigenvalue weighted by atomic mass is 35.5. The average molecular weight is 449 g/mol. The summed E-state index contributed by atoms with van der Waals surface area (Å²) in [4.78, 5) is 0. The van der Waals surface area contributed by atoms with Crippen molar-refractivity contribution in [1.82, 2.24) is 0 Å². The van der Waals surface area contributed by atoms with Crippen molar-refractivity contribution in [3.63, 3.8) is 0 Å². The molecule has 158 valence electrons. The van der Waals surface area contributed by atoms with Crippen LogP contribution in [0.3, 0.4) is 0 Å². The molecule has 3 heteroatoms. The van der Waals surface area contributed by atoms with Crippen LogP contribution in [-0.2, 0) is 10.2 Å². The van der Waals surface area contributed by atoms with E-state index < -0.39 is 0 Å². The Morgan fingerprint density at radius 2 is 1.29 bits per heavy atom. The van der Waals surface area contributed by atoms with Gasteiger partial charge in [-0.15, -0.1) is 0 Å². The van der Waals surface area contributed by atoms with E-state index in [4.69, 9.17) is 27.9 Å². The van der Waals surface area contributed by atoms with E-state index in [0.29, 0.717) is 6.61 Å². The van der Waals surface area contributed by atoms with Crippen LogP contribution in [-0.4, -0.2) is 13.7 Å². The molecule has 3 aromatic rings. The van der Waals surface area contributed by atoms with Gasteiger partial charge in [-0.3, -0.25) is 0 Å². The van der Waals surface area contributed by atoms with E-state index in [0.717, 1.165) is 16.5 Å². The molecule has 4 rings (SSSR count). The van der Waals surface area contributed by atoms with Crippen molar-refractivity contribution >= 4 is 28.8 Å². The van der Waals surface area contributed by atoms with E-state index in [9.17, 15) is 0 Å². The molecule has 0 radical (unpaired) electrons. The Morgan fingerprint density at radius 3 is 1.74 bits per heavy atom. The van der Waals surface area contributed by atoms with E-state index in [2.05, 4.69) is 68.4 Å². The molecule has 0 aromatic heterocycles. The van der Waals surface area contributed by atoms with Gasteiger partial charge in [0.1, 0.15) is 0 Å². The van der Waals surface area contributed by atoms with Gasteiger partial charge in [0.2, 0.25) is 0 Å². The van der Waals surface area contributed by atoms with Crippen LogP contribution >= 0.6 is 23.2 Å². The van der Waals surface area contributed by atoms with Gasteiger partial charge in [-0.2, -0.15) is 0 Å². The Bertz CT molecular complexity index is 1070.